The highest BCUT2D eigenvalue weighted by atomic mass is 16.2. The van der Waals surface area contributed by atoms with Gasteiger partial charge in [0.05, 0.1) is 12.2 Å². The molecule has 1 saturated carbocycles. The van der Waals surface area contributed by atoms with Crippen LogP contribution in [0.3, 0.4) is 0 Å². The first-order valence-corrected chi connectivity index (χ1v) is 8.12. The molecule has 1 N–H and O–H groups in total. The van der Waals surface area contributed by atoms with Crippen LogP contribution in [0.1, 0.15) is 66.2 Å². The standard InChI is InChI=1S/C16H30N2O/c1-5-13-8-6-7-9-15(13)18-12(4)17-14(16(18)19)10-11(2)3/h11-15,17H,5-10H2,1-4H3. The molecule has 19 heavy (non-hydrogen) atoms. The van der Waals surface area contributed by atoms with Gasteiger partial charge in [0, 0.05) is 6.04 Å². The summed E-state index contributed by atoms with van der Waals surface area (Å²) in [6.45, 7) is 8.81. The molecule has 0 spiro atoms. The minimum atomic E-state index is 0.0504. The molecule has 1 heterocycles. The molecule has 1 saturated heterocycles. The Morgan fingerprint density at radius 3 is 2.63 bits per heavy atom. The van der Waals surface area contributed by atoms with Crippen molar-refractivity contribution in [2.45, 2.75) is 84.5 Å². The van der Waals surface area contributed by atoms with Crippen LogP contribution in [0.5, 0.6) is 0 Å². The van der Waals surface area contributed by atoms with Crippen LogP contribution in [0.4, 0.5) is 0 Å². The summed E-state index contributed by atoms with van der Waals surface area (Å²) in [5.74, 6) is 1.63. The zero-order valence-corrected chi connectivity index (χ0v) is 13.0. The lowest BCUT2D eigenvalue weighted by Crippen LogP contribution is -2.48. The largest absolute Gasteiger partial charge is 0.323 e. The molecule has 4 unspecified atom stereocenters. The van der Waals surface area contributed by atoms with Gasteiger partial charge in [0.25, 0.3) is 0 Å². The predicted molar refractivity (Wildman–Crippen MR) is 78.7 cm³/mol. The number of nitrogens with one attached hydrogen (secondary N) is 1. The van der Waals surface area contributed by atoms with Gasteiger partial charge in [0.2, 0.25) is 5.91 Å². The quantitative estimate of drug-likeness (QED) is 0.848. The third kappa shape index (κ3) is 3.13. The molecule has 1 aliphatic carbocycles. The highest BCUT2D eigenvalue weighted by Gasteiger charge is 2.42. The van der Waals surface area contributed by atoms with E-state index in [0.29, 0.717) is 23.8 Å². The van der Waals surface area contributed by atoms with Crippen molar-refractivity contribution < 1.29 is 4.79 Å². The predicted octanol–water partition coefficient (Wildman–Crippen LogP) is 3.15. The van der Waals surface area contributed by atoms with Gasteiger partial charge < -0.3 is 4.90 Å². The molecule has 3 nitrogen and oxygen atoms in total. The van der Waals surface area contributed by atoms with Crippen molar-refractivity contribution >= 4 is 5.91 Å². The summed E-state index contributed by atoms with van der Waals surface area (Å²) < 4.78 is 0. The Labute approximate surface area is 118 Å². The fourth-order valence-corrected chi connectivity index (χ4v) is 3.93. The van der Waals surface area contributed by atoms with Gasteiger partial charge in [-0.05, 0) is 38.0 Å². The third-order valence-electron chi connectivity index (χ3n) is 4.87. The number of rotatable bonds is 4. The summed E-state index contributed by atoms with van der Waals surface area (Å²) in [5, 5.41) is 3.50. The minimum absolute atomic E-state index is 0.0504. The van der Waals surface area contributed by atoms with Crippen LogP contribution in [0.25, 0.3) is 0 Å². The highest BCUT2D eigenvalue weighted by Crippen LogP contribution is 2.34. The lowest BCUT2D eigenvalue weighted by molar-refractivity contribution is -0.134. The van der Waals surface area contributed by atoms with E-state index in [1.54, 1.807) is 0 Å². The lowest BCUT2D eigenvalue weighted by atomic mass is 9.81. The zero-order chi connectivity index (χ0) is 14.0. The Bertz CT molecular complexity index is 316. The summed E-state index contributed by atoms with van der Waals surface area (Å²) in [6, 6.07) is 0.528. The van der Waals surface area contributed by atoms with Crippen molar-refractivity contribution in [3.63, 3.8) is 0 Å². The Morgan fingerprint density at radius 2 is 2.00 bits per heavy atom. The maximum atomic E-state index is 12.7. The normalized spacial score (nSPS) is 36.3. The minimum Gasteiger partial charge on any atom is -0.323 e. The van der Waals surface area contributed by atoms with E-state index in [-0.39, 0.29) is 12.2 Å². The van der Waals surface area contributed by atoms with Crippen LogP contribution < -0.4 is 5.32 Å². The van der Waals surface area contributed by atoms with E-state index in [0.717, 1.165) is 6.42 Å². The van der Waals surface area contributed by atoms with Crippen LogP contribution in [-0.4, -0.2) is 29.1 Å². The van der Waals surface area contributed by atoms with Crippen molar-refractivity contribution in [2.24, 2.45) is 11.8 Å². The van der Waals surface area contributed by atoms with Crippen molar-refractivity contribution in [3.8, 4) is 0 Å². The second kappa shape index (κ2) is 6.25. The molecule has 1 aliphatic heterocycles. The molecule has 0 aromatic heterocycles. The van der Waals surface area contributed by atoms with Crippen LogP contribution in [0, 0.1) is 11.8 Å². The molecule has 2 aliphatic rings. The molecule has 0 radical (unpaired) electrons. The van der Waals surface area contributed by atoms with Gasteiger partial charge in [-0.3, -0.25) is 10.1 Å². The van der Waals surface area contributed by atoms with Crippen LogP contribution in [-0.2, 0) is 4.79 Å². The Kier molecular flexibility index (Phi) is 4.88. The van der Waals surface area contributed by atoms with Gasteiger partial charge in [0.1, 0.15) is 0 Å². The first kappa shape index (κ1) is 14.8. The Morgan fingerprint density at radius 1 is 1.32 bits per heavy atom. The van der Waals surface area contributed by atoms with Gasteiger partial charge in [-0.2, -0.15) is 0 Å². The second-order valence-corrected chi connectivity index (χ2v) is 6.79. The Balaban J connectivity index is 2.08. The summed E-state index contributed by atoms with van der Waals surface area (Å²) in [5.41, 5.74) is 0. The molecular formula is C16H30N2O. The number of carbonyl (C=O) groups is 1. The molecule has 2 fully saturated rings. The van der Waals surface area contributed by atoms with Crippen LogP contribution in [0.2, 0.25) is 0 Å². The summed E-state index contributed by atoms with van der Waals surface area (Å²) in [7, 11) is 0. The van der Waals surface area contributed by atoms with Gasteiger partial charge >= 0.3 is 0 Å². The maximum Gasteiger partial charge on any atom is 0.241 e. The van der Waals surface area contributed by atoms with Crippen LogP contribution >= 0.6 is 0 Å². The summed E-state index contributed by atoms with van der Waals surface area (Å²) in [4.78, 5) is 14.9. The zero-order valence-electron chi connectivity index (χ0n) is 13.0. The maximum absolute atomic E-state index is 12.7. The SMILES string of the molecule is CCC1CCCCC1N1C(=O)C(CC(C)C)NC1C. The van der Waals surface area contributed by atoms with E-state index in [1.807, 2.05) is 0 Å². The molecule has 1 amide bonds. The van der Waals surface area contributed by atoms with E-state index in [2.05, 4.69) is 37.9 Å². The third-order valence-corrected chi connectivity index (χ3v) is 4.87. The molecule has 4 atom stereocenters. The van der Waals surface area contributed by atoms with Gasteiger partial charge in [-0.15, -0.1) is 0 Å². The molecule has 110 valence electrons. The average molecular weight is 266 g/mol. The topological polar surface area (TPSA) is 32.3 Å². The second-order valence-electron chi connectivity index (χ2n) is 6.79. The molecule has 0 bridgehead atoms. The van der Waals surface area contributed by atoms with Crippen molar-refractivity contribution in [1.29, 1.82) is 0 Å². The summed E-state index contributed by atoms with van der Waals surface area (Å²) in [6.07, 6.45) is 7.50. The number of hydrogen-bond donors (Lipinski definition) is 1. The number of amides is 1. The number of hydrogen-bond acceptors (Lipinski definition) is 2. The van der Waals surface area contributed by atoms with Gasteiger partial charge in [-0.25, -0.2) is 0 Å². The van der Waals surface area contributed by atoms with E-state index >= 15 is 0 Å². The smallest absolute Gasteiger partial charge is 0.241 e. The first-order chi connectivity index (χ1) is 9.04. The Hall–Kier alpha value is -0.570. The fourth-order valence-electron chi connectivity index (χ4n) is 3.93. The first-order valence-electron chi connectivity index (χ1n) is 8.12. The molecule has 0 aromatic carbocycles. The molecular weight excluding hydrogens is 236 g/mol. The lowest BCUT2D eigenvalue weighted by Gasteiger charge is -2.39. The molecule has 0 aromatic rings. The van der Waals surface area contributed by atoms with Gasteiger partial charge in [0.15, 0.2) is 0 Å². The monoisotopic (exact) mass is 266 g/mol. The van der Waals surface area contributed by atoms with E-state index in [9.17, 15) is 4.79 Å². The van der Waals surface area contributed by atoms with E-state index in [4.69, 9.17) is 0 Å². The summed E-state index contributed by atoms with van der Waals surface area (Å²) >= 11 is 0. The van der Waals surface area contributed by atoms with Crippen molar-refractivity contribution in [3.05, 3.63) is 0 Å². The molecule has 3 heteroatoms. The fraction of sp³-hybridized carbons (Fsp3) is 0.938. The van der Waals surface area contributed by atoms with E-state index in [1.165, 1.54) is 32.1 Å². The van der Waals surface area contributed by atoms with Gasteiger partial charge in [-0.1, -0.05) is 40.0 Å². The highest BCUT2D eigenvalue weighted by molar-refractivity contribution is 5.84. The molecule has 2 rings (SSSR count). The van der Waals surface area contributed by atoms with Crippen LogP contribution in [0.15, 0.2) is 0 Å². The van der Waals surface area contributed by atoms with E-state index < -0.39 is 0 Å². The average Bonchev–Trinajstić information content (AvgIpc) is 2.64. The van der Waals surface area contributed by atoms with Crippen molar-refractivity contribution in [1.82, 2.24) is 10.2 Å². The van der Waals surface area contributed by atoms with Crippen molar-refractivity contribution in [2.75, 3.05) is 0 Å². The number of carbonyl (C=O) groups excluding carboxylic acids is 1. The number of nitrogens with zero attached hydrogens (tertiary/aromatic N) is 1.